The monoisotopic (exact) mass is 304 g/mol. The van der Waals surface area contributed by atoms with E-state index in [-0.39, 0.29) is 11.8 Å². The highest BCUT2D eigenvalue weighted by Gasteiger charge is 2.32. The van der Waals surface area contributed by atoms with Crippen molar-refractivity contribution in [1.29, 1.82) is 0 Å². The van der Waals surface area contributed by atoms with Gasteiger partial charge in [-0.3, -0.25) is 4.79 Å². The van der Waals surface area contributed by atoms with Crippen LogP contribution >= 0.6 is 0 Å². The molecule has 2 fully saturated rings. The summed E-state index contributed by atoms with van der Waals surface area (Å²) in [6.45, 7) is 6.61. The molecule has 0 spiro atoms. The molecule has 2 aliphatic heterocycles. The van der Waals surface area contributed by atoms with Crippen LogP contribution in [0.5, 0.6) is 0 Å². The van der Waals surface area contributed by atoms with Crippen LogP contribution in [0.2, 0.25) is 0 Å². The van der Waals surface area contributed by atoms with Crippen molar-refractivity contribution in [2.75, 3.05) is 32.4 Å². The summed E-state index contributed by atoms with van der Waals surface area (Å²) in [5, 5.41) is 0. The smallest absolute Gasteiger partial charge is 0.227 e. The minimum atomic E-state index is -3.16. The Labute approximate surface area is 123 Å². The fraction of sp³-hybridized carbons (Fsp3) is 0.929. The number of amides is 1. The lowest BCUT2D eigenvalue weighted by atomic mass is 9.97. The lowest BCUT2D eigenvalue weighted by Crippen LogP contribution is -2.47. The molecule has 6 heteroatoms. The van der Waals surface area contributed by atoms with Gasteiger partial charge in [-0.15, -0.1) is 0 Å². The predicted molar refractivity (Wildman–Crippen MR) is 80.9 cm³/mol. The van der Waals surface area contributed by atoms with Crippen molar-refractivity contribution >= 4 is 15.9 Å². The minimum absolute atomic E-state index is 0.133. The molecule has 0 aliphatic carbocycles. The molecule has 20 heavy (non-hydrogen) atoms. The number of carbonyl (C=O) groups is 1. The first kappa shape index (κ1) is 17.4. The Kier molecular flexibility index (Phi) is 6.95. The van der Waals surface area contributed by atoms with Crippen LogP contribution < -0.4 is 0 Å². The van der Waals surface area contributed by atoms with Crippen LogP contribution in [0.4, 0.5) is 0 Å². The fourth-order valence-electron chi connectivity index (χ4n) is 2.82. The van der Waals surface area contributed by atoms with E-state index in [2.05, 4.69) is 0 Å². The second kappa shape index (κ2) is 7.98. The summed E-state index contributed by atoms with van der Waals surface area (Å²) in [7, 11) is -3.16. The van der Waals surface area contributed by atoms with Gasteiger partial charge in [-0.2, -0.15) is 0 Å². The molecular formula is C14H28N2O3S. The van der Waals surface area contributed by atoms with Crippen molar-refractivity contribution in [3.05, 3.63) is 0 Å². The van der Waals surface area contributed by atoms with E-state index in [0.717, 1.165) is 38.8 Å². The first-order valence-corrected chi connectivity index (χ1v) is 9.57. The molecule has 118 valence electrons. The molecule has 2 heterocycles. The predicted octanol–water partition coefficient (Wildman–Crippen LogP) is 1.70. The van der Waals surface area contributed by atoms with Gasteiger partial charge < -0.3 is 4.90 Å². The van der Waals surface area contributed by atoms with Gasteiger partial charge >= 0.3 is 0 Å². The summed E-state index contributed by atoms with van der Waals surface area (Å²) >= 11 is 0. The molecule has 0 radical (unpaired) electrons. The van der Waals surface area contributed by atoms with Gasteiger partial charge in [-0.25, -0.2) is 12.7 Å². The van der Waals surface area contributed by atoms with E-state index in [1.54, 1.807) is 0 Å². The highest BCUT2D eigenvalue weighted by atomic mass is 32.2. The fourth-order valence-corrected chi connectivity index (χ4v) is 3.73. The number of hydrogen-bond donors (Lipinski definition) is 0. The van der Waals surface area contributed by atoms with Crippen molar-refractivity contribution in [1.82, 2.24) is 9.21 Å². The minimum Gasteiger partial charge on any atom is -0.342 e. The molecule has 2 saturated heterocycles. The van der Waals surface area contributed by atoms with Gasteiger partial charge in [0.1, 0.15) is 0 Å². The molecule has 0 aromatic heterocycles. The van der Waals surface area contributed by atoms with E-state index in [1.807, 2.05) is 18.7 Å². The third-order valence-corrected chi connectivity index (χ3v) is 5.14. The van der Waals surface area contributed by atoms with Crippen molar-refractivity contribution < 1.29 is 13.2 Å². The van der Waals surface area contributed by atoms with Gasteiger partial charge in [0.2, 0.25) is 15.9 Å². The zero-order valence-corrected chi connectivity index (χ0v) is 13.8. The molecule has 1 unspecified atom stereocenters. The quantitative estimate of drug-likeness (QED) is 0.780. The summed E-state index contributed by atoms with van der Waals surface area (Å²) in [6, 6.07) is 0. The average Bonchev–Trinajstić information content (AvgIpc) is 2.49. The van der Waals surface area contributed by atoms with Crippen LogP contribution in [-0.2, 0) is 14.8 Å². The summed E-state index contributed by atoms with van der Waals surface area (Å²) in [5.41, 5.74) is 0. The topological polar surface area (TPSA) is 57.7 Å². The van der Waals surface area contributed by atoms with Crippen molar-refractivity contribution in [2.45, 2.75) is 46.0 Å². The van der Waals surface area contributed by atoms with Gasteiger partial charge in [0.05, 0.1) is 12.2 Å². The number of piperidine rings is 2. The first-order chi connectivity index (χ1) is 9.48. The van der Waals surface area contributed by atoms with Crippen LogP contribution in [0.15, 0.2) is 0 Å². The summed E-state index contributed by atoms with van der Waals surface area (Å²) < 4.78 is 24.5. The van der Waals surface area contributed by atoms with E-state index < -0.39 is 10.0 Å². The van der Waals surface area contributed by atoms with Crippen LogP contribution in [0.25, 0.3) is 0 Å². The maximum Gasteiger partial charge on any atom is 0.227 e. The van der Waals surface area contributed by atoms with E-state index >= 15 is 0 Å². The lowest BCUT2D eigenvalue weighted by molar-refractivity contribution is -0.137. The van der Waals surface area contributed by atoms with Crippen LogP contribution in [0, 0.1) is 5.92 Å². The van der Waals surface area contributed by atoms with Gasteiger partial charge in [0.25, 0.3) is 0 Å². The van der Waals surface area contributed by atoms with Gasteiger partial charge in [-0.05, 0) is 32.1 Å². The first-order valence-electron chi connectivity index (χ1n) is 7.72. The number of nitrogens with zero attached hydrogens (tertiary/aromatic N) is 2. The molecule has 2 aliphatic rings. The van der Waals surface area contributed by atoms with Crippen LogP contribution in [-0.4, -0.2) is 56.0 Å². The maximum absolute atomic E-state index is 12.3. The molecule has 2 rings (SSSR count). The van der Waals surface area contributed by atoms with Gasteiger partial charge in [0, 0.05) is 26.2 Å². The third kappa shape index (κ3) is 4.74. The standard InChI is InChI=1S/C12H22N2O3S.C2H6/c1-18(16,17)14-9-5-6-11(10-14)12(15)13-7-3-2-4-8-13;1-2/h11H,2-10H2,1H3;1-2H3. The van der Waals surface area contributed by atoms with Gasteiger partial charge in [0.15, 0.2) is 0 Å². The Morgan fingerprint density at radius 2 is 1.60 bits per heavy atom. The highest BCUT2D eigenvalue weighted by molar-refractivity contribution is 7.88. The van der Waals surface area contributed by atoms with Crippen LogP contribution in [0.1, 0.15) is 46.0 Å². The lowest BCUT2D eigenvalue weighted by Gasteiger charge is -2.35. The molecule has 0 saturated carbocycles. The summed E-state index contributed by atoms with van der Waals surface area (Å²) in [5.74, 6) is 0.0228. The third-order valence-electron chi connectivity index (χ3n) is 3.87. The Balaban J connectivity index is 0.000000956. The van der Waals surface area contributed by atoms with E-state index in [4.69, 9.17) is 0 Å². The van der Waals surface area contributed by atoms with E-state index in [9.17, 15) is 13.2 Å². The Hall–Kier alpha value is -0.620. The van der Waals surface area contributed by atoms with Crippen LogP contribution in [0.3, 0.4) is 0 Å². The second-order valence-corrected chi connectivity index (χ2v) is 7.33. The Bertz CT molecular complexity index is 403. The normalized spacial score (nSPS) is 24.8. The second-order valence-electron chi connectivity index (χ2n) is 5.35. The summed E-state index contributed by atoms with van der Waals surface area (Å²) in [4.78, 5) is 14.2. The number of likely N-dealkylation sites (tertiary alicyclic amines) is 1. The molecule has 1 amide bonds. The molecule has 0 bridgehead atoms. The SMILES string of the molecule is CC.CS(=O)(=O)N1CCCC(C(=O)N2CCCCC2)C1. The summed E-state index contributed by atoms with van der Waals surface area (Å²) in [6.07, 6.45) is 6.19. The van der Waals surface area contributed by atoms with Crippen molar-refractivity contribution in [3.63, 3.8) is 0 Å². The van der Waals surface area contributed by atoms with E-state index in [0.29, 0.717) is 13.1 Å². The number of rotatable bonds is 2. The Morgan fingerprint density at radius 1 is 1.00 bits per heavy atom. The molecular weight excluding hydrogens is 276 g/mol. The largest absolute Gasteiger partial charge is 0.342 e. The number of hydrogen-bond acceptors (Lipinski definition) is 3. The maximum atomic E-state index is 12.3. The molecule has 1 atom stereocenters. The van der Waals surface area contributed by atoms with Crippen molar-refractivity contribution in [3.8, 4) is 0 Å². The Morgan fingerprint density at radius 3 is 2.15 bits per heavy atom. The molecule has 5 nitrogen and oxygen atoms in total. The number of sulfonamides is 1. The van der Waals surface area contributed by atoms with E-state index in [1.165, 1.54) is 17.0 Å². The highest BCUT2D eigenvalue weighted by Crippen LogP contribution is 2.22. The molecule has 0 aromatic rings. The zero-order valence-electron chi connectivity index (χ0n) is 13.0. The average molecular weight is 304 g/mol. The zero-order chi connectivity index (χ0) is 15.2. The number of carbonyl (C=O) groups excluding carboxylic acids is 1. The van der Waals surface area contributed by atoms with Gasteiger partial charge in [-0.1, -0.05) is 13.8 Å². The molecule has 0 aromatic carbocycles. The molecule has 0 N–H and O–H groups in total. The van der Waals surface area contributed by atoms with Crippen molar-refractivity contribution in [2.24, 2.45) is 5.92 Å².